The number of likely N-dealkylation sites (N-methyl/N-ethyl adjacent to an activating group) is 1. The van der Waals surface area contributed by atoms with Gasteiger partial charge in [-0.3, -0.25) is 4.79 Å². The number of carbonyl (C=O) groups excluding carboxylic acids is 1. The fourth-order valence-corrected chi connectivity index (χ4v) is 1.88. The lowest BCUT2D eigenvalue weighted by Gasteiger charge is -2.26. The molecule has 19 heavy (non-hydrogen) atoms. The summed E-state index contributed by atoms with van der Waals surface area (Å²) in [5, 5.41) is 2.77. The van der Waals surface area contributed by atoms with Crippen molar-refractivity contribution in [2.75, 3.05) is 20.6 Å². The molecule has 1 aromatic heterocycles. The van der Waals surface area contributed by atoms with Crippen LogP contribution in [0.15, 0.2) is 18.3 Å². The Bertz CT molecular complexity index is 421. The van der Waals surface area contributed by atoms with Crippen LogP contribution in [0.5, 0.6) is 0 Å². The monoisotopic (exact) mass is 267 g/mol. The molecule has 1 atom stereocenters. The van der Waals surface area contributed by atoms with Crippen LogP contribution in [0.25, 0.3) is 0 Å². The number of nitrogens with one attached hydrogen (secondary N) is 1. The lowest BCUT2D eigenvalue weighted by Crippen LogP contribution is -2.41. The zero-order valence-corrected chi connectivity index (χ0v) is 12.0. The number of halogens is 1. The molecule has 5 heteroatoms. The number of hydrogen-bond donors (Lipinski definition) is 1. The van der Waals surface area contributed by atoms with E-state index >= 15 is 0 Å². The Balaban J connectivity index is 2.60. The van der Waals surface area contributed by atoms with Gasteiger partial charge in [-0.05, 0) is 38.6 Å². The Morgan fingerprint density at radius 2 is 2.16 bits per heavy atom. The first kappa shape index (κ1) is 15.6. The minimum atomic E-state index is -0.731. The van der Waals surface area contributed by atoms with Crippen molar-refractivity contribution in [2.45, 2.75) is 26.3 Å². The van der Waals surface area contributed by atoms with Crippen LogP contribution in [0.3, 0.4) is 0 Å². The molecule has 1 N–H and O–H groups in total. The van der Waals surface area contributed by atoms with E-state index in [1.165, 1.54) is 12.3 Å². The van der Waals surface area contributed by atoms with Gasteiger partial charge < -0.3 is 10.2 Å². The Labute approximate surface area is 114 Å². The van der Waals surface area contributed by atoms with Crippen LogP contribution >= 0.6 is 0 Å². The van der Waals surface area contributed by atoms with Gasteiger partial charge in [-0.25, -0.2) is 4.98 Å². The molecule has 0 aromatic carbocycles. The maximum atomic E-state index is 13.4. The van der Waals surface area contributed by atoms with Crippen molar-refractivity contribution < 1.29 is 9.18 Å². The SMILES string of the molecule is CC(C)CC(CNC(=O)c1cccnc1F)N(C)C. The second kappa shape index (κ2) is 7.19. The molecule has 1 aromatic rings. The fourth-order valence-electron chi connectivity index (χ4n) is 1.88. The van der Waals surface area contributed by atoms with Crippen LogP contribution < -0.4 is 5.32 Å². The molecule has 0 fully saturated rings. The third-order valence-corrected chi connectivity index (χ3v) is 2.98. The molecule has 0 bridgehead atoms. The van der Waals surface area contributed by atoms with E-state index in [0.717, 1.165) is 6.42 Å². The highest BCUT2D eigenvalue weighted by Crippen LogP contribution is 2.09. The van der Waals surface area contributed by atoms with Gasteiger partial charge in [0.05, 0.1) is 5.56 Å². The highest BCUT2D eigenvalue weighted by molar-refractivity contribution is 5.94. The number of carbonyl (C=O) groups is 1. The average Bonchev–Trinajstić information content (AvgIpc) is 2.34. The van der Waals surface area contributed by atoms with Crippen molar-refractivity contribution in [2.24, 2.45) is 5.92 Å². The Hall–Kier alpha value is -1.49. The number of amides is 1. The fraction of sp³-hybridized carbons (Fsp3) is 0.571. The van der Waals surface area contributed by atoms with Crippen molar-refractivity contribution in [3.63, 3.8) is 0 Å². The first-order valence-electron chi connectivity index (χ1n) is 6.47. The zero-order valence-electron chi connectivity index (χ0n) is 12.0. The number of hydrogen-bond acceptors (Lipinski definition) is 3. The van der Waals surface area contributed by atoms with E-state index in [4.69, 9.17) is 0 Å². The molecule has 1 unspecified atom stereocenters. The van der Waals surface area contributed by atoms with Crippen molar-refractivity contribution in [1.29, 1.82) is 0 Å². The molecular formula is C14H22FN3O. The van der Waals surface area contributed by atoms with E-state index < -0.39 is 11.9 Å². The van der Waals surface area contributed by atoms with E-state index in [9.17, 15) is 9.18 Å². The number of aromatic nitrogens is 1. The molecule has 0 saturated heterocycles. The van der Waals surface area contributed by atoms with Gasteiger partial charge in [0.25, 0.3) is 5.91 Å². The van der Waals surface area contributed by atoms with Gasteiger partial charge >= 0.3 is 0 Å². The molecule has 0 radical (unpaired) electrons. The summed E-state index contributed by atoms with van der Waals surface area (Å²) >= 11 is 0. The molecular weight excluding hydrogens is 245 g/mol. The van der Waals surface area contributed by atoms with Crippen LogP contribution in [0.4, 0.5) is 4.39 Å². The third-order valence-electron chi connectivity index (χ3n) is 2.98. The van der Waals surface area contributed by atoms with Crippen molar-refractivity contribution in [1.82, 2.24) is 15.2 Å². The Morgan fingerprint density at radius 1 is 1.47 bits per heavy atom. The summed E-state index contributed by atoms with van der Waals surface area (Å²) in [4.78, 5) is 17.4. The summed E-state index contributed by atoms with van der Waals surface area (Å²) in [5.41, 5.74) is -0.00967. The minimum absolute atomic E-state index is 0.00967. The van der Waals surface area contributed by atoms with Gasteiger partial charge in [0.15, 0.2) is 0 Å². The minimum Gasteiger partial charge on any atom is -0.350 e. The van der Waals surface area contributed by atoms with Crippen molar-refractivity contribution >= 4 is 5.91 Å². The number of pyridine rings is 1. The lowest BCUT2D eigenvalue weighted by molar-refractivity contribution is 0.0933. The molecule has 1 heterocycles. The molecule has 0 aliphatic rings. The quantitative estimate of drug-likeness (QED) is 0.801. The van der Waals surface area contributed by atoms with Gasteiger partial charge in [-0.2, -0.15) is 4.39 Å². The topological polar surface area (TPSA) is 45.2 Å². The van der Waals surface area contributed by atoms with E-state index in [1.54, 1.807) is 6.07 Å². The van der Waals surface area contributed by atoms with Gasteiger partial charge in [0.1, 0.15) is 0 Å². The van der Waals surface area contributed by atoms with E-state index in [0.29, 0.717) is 12.5 Å². The summed E-state index contributed by atoms with van der Waals surface area (Å²) in [6, 6.07) is 3.23. The predicted molar refractivity (Wildman–Crippen MR) is 73.5 cm³/mol. The largest absolute Gasteiger partial charge is 0.350 e. The molecule has 4 nitrogen and oxygen atoms in total. The second-order valence-corrected chi connectivity index (χ2v) is 5.30. The Kier molecular flexibility index (Phi) is 5.89. The molecule has 106 valence electrons. The molecule has 1 rings (SSSR count). The van der Waals surface area contributed by atoms with Gasteiger partial charge in [-0.15, -0.1) is 0 Å². The highest BCUT2D eigenvalue weighted by atomic mass is 19.1. The summed E-state index contributed by atoms with van der Waals surface area (Å²) in [6.07, 6.45) is 2.30. The lowest BCUT2D eigenvalue weighted by atomic mass is 10.0. The van der Waals surface area contributed by atoms with Crippen molar-refractivity contribution in [3.8, 4) is 0 Å². The maximum Gasteiger partial charge on any atom is 0.255 e. The maximum absolute atomic E-state index is 13.4. The smallest absolute Gasteiger partial charge is 0.255 e. The van der Waals surface area contributed by atoms with Crippen molar-refractivity contribution in [3.05, 3.63) is 29.8 Å². The molecule has 0 aliphatic carbocycles. The summed E-state index contributed by atoms with van der Waals surface area (Å²) in [6.45, 7) is 4.77. The predicted octanol–water partition coefficient (Wildman–Crippen LogP) is 1.93. The number of rotatable bonds is 6. The van der Waals surface area contributed by atoms with Gasteiger partial charge in [-0.1, -0.05) is 13.8 Å². The normalized spacial score (nSPS) is 12.8. The van der Waals surface area contributed by atoms with E-state index in [-0.39, 0.29) is 11.6 Å². The standard InChI is InChI=1S/C14H22FN3O/c1-10(2)8-11(18(3)4)9-17-14(19)12-6-5-7-16-13(12)15/h5-7,10-11H,8-9H2,1-4H3,(H,17,19). The van der Waals surface area contributed by atoms with Crippen LogP contribution in [-0.4, -0.2) is 42.5 Å². The van der Waals surface area contributed by atoms with Crippen LogP contribution in [0.1, 0.15) is 30.6 Å². The Morgan fingerprint density at radius 3 is 2.68 bits per heavy atom. The van der Waals surface area contributed by atoms with E-state index in [2.05, 4.69) is 29.0 Å². The van der Waals surface area contributed by atoms with Gasteiger partial charge in [0.2, 0.25) is 5.95 Å². The first-order valence-corrected chi connectivity index (χ1v) is 6.47. The first-order chi connectivity index (χ1) is 8.91. The van der Waals surface area contributed by atoms with Crippen LogP contribution in [-0.2, 0) is 0 Å². The zero-order chi connectivity index (χ0) is 14.4. The molecule has 1 amide bonds. The summed E-state index contributed by atoms with van der Waals surface area (Å²) < 4.78 is 13.4. The van der Waals surface area contributed by atoms with Crippen LogP contribution in [0, 0.1) is 11.9 Å². The van der Waals surface area contributed by atoms with Crippen LogP contribution in [0.2, 0.25) is 0 Å². The highest BCUT2D eigenvalue weighted by Gasteiger charge is 2.17. The van der Waals surface area contributed by atoms with Gasteiger partial charge in [0, 0.05) is 18.8 Å². The molecule has 0 spiro atoms. The molecule has 0 aliphatic heterocycles. The average molecular weight is 267 g/mol. The van der Waals surface area contributed by atoms with E-state index in [1.807, 2.05) is 14.1 Å². The number of nitrogens with zero attached hydrogens (tertiary/aromatic N) is 2. The summed E-state index contributed by atoms with van der Waals surface area (Å²) in [5.74, 6) is -0.606. The molecule has 0 saturated carbocycles. The summed E-state index contributed by atoms with van der Waals surface area (Å²) in [7, 11) is 3.95. The second-order valence-electron chi connectivity index (χ2n) is 5.30. The third kappa shape index (κ3) is 4.95.